The van der Waals surface area contributed by atoms with Crippen LogP contribution in [-0.4, -0.2) is 111 Å². The Balaban J connectivity index is 1.56. The van der Waals surface area contributed by atoms with Crippen LogP contribution in [0.4, 0.5) is 0 Å². The van der Waals surface area contributed by atoms with Gasteiger partial charge in [0, 0.05) is 6.42 Å². The summed E-state index contributed by atoms with van der Waals surface area (Å²) in [7, 11) is 0. The summed E-state index contributed by atoms with van der Waals surface area (Å²) in [6, 6.07) is 0. The number of carbonyl (C=O) groups excluding carboxylic acids is 1. The zero-order valence-corrected chi connectivity index (χ0v) is 21.6. The molecule has 2 saturated heterocycles. The van der Waals surface area contributed by atoms with Crippen molar-refractivity contribution in [3.05, 3.63) is 11.6 Å². The maximum atomic E-state index is 11.9. The third-order valence-corrected chi connectivity index (χ3v) is 7.64. The van der Waals surface area contributed by atoms with Gasteiger partial charge in [0.05, 0.1) is 18.8 Å². The summed E-state index contributed by atoms with van der Waals surface area (Å²) >= 11 is 0. The topological polar surface area (TPSA) is 175 Å². The van der Waals surface area contributed by atoms with Crippen molar-refractivity contribution in [3.8, 4) is 0 Å². The van der Waals surface area contributed by atoms with Gasteiger partial charge in [-0.1, -0.05) is 19.4 Å². The first kappa shape index (κ1) is 29.6. The van der Waals surface area contributed by atoms with E-state index in [2.05, 4.69) is 13.8 Å². The van der Waals surface area contributed by atoms with E-state index in [1.54, 1.807) is 6.08 Å². The highest BCUT2D eigenvalue weighted by Gasteiger charge is 2.47. The summed E-state index contributed by atoms with van der Waals surface area (Å²) in [4.78, 5) is 11.9. The number of aliphatic hydroxyl groups excluding tert-OH is 6. The lowest BCUT2D eigenvalue weighted by atomic mass is 9.66. The summed E-state index contributed by atoms with van der Waals surface area (Å²) in [5.41, 5.74) is 0.860. The maximum Gasteiger partial charge on any atom is 0.186 e. The van der Waals surface area contributed by atoms with Crippen molar-refractivity contribution in [1.82, 2.24) is 0 Å². The van der Waals surface area contributed by atoms with Crippen LogP contribution in [0.15, 0.2) is 11.6 Å². The molecule has 36 heavy (non-hydrogen) atoms. The van der Waals surface area contributed by atoms with Crippen molar-refractivity contribution < 1.29 is 54.4 Å². The van der Waals surface area contributed by atoms with Gasteiger partial charge in [-0.15, -0.1) is 0 Å². The van der Waals surface area contributed by atoms with Gasteiger partial charge in [-0.3, -0.25) is 4.79 Å². The Morgan fingerprint density at radius 1 is 0.972 bits per heavy atom. The predicted molar refractivity (Wildman–Crippen MR) is 125 cm³/mol. The van der Waals surface area contributed by atoms with Crippen LogP contribution >= 0.6 is 0 Å². The first-order chi connectivity index (χ1) is 16.7. The molecular formula is C25H42O11. The number of rotatable bonds is 8. The van der Waals surface area contributed by atoms with E-state index in [0.29, 0.717) is 12.8 Å². The highest BCUT2D eigenvalue weighted by molar-refractivity contribution is 5.91. The van der Waals surface area contributed by atoms with E-state index in [4.69, 9.17) is 18.9 Å². The number of carbonyl (C=O) groups is 1. The first-order valence-corrected chi connectivity index (χ1v) is 12.6. The summed E-state index contributed by atoms with van der Waals surface area (Å²) in [6.07, 6.45) is -10.1. The number of hydrogen-bond acceptors (Lipinski definition) is 11. The second-order valence-electron chi connectivity index (χ2n) is 11.1. The van der Waals surface area contributed by atoms with Crippen molar-refractivity contribution in [2.45, 2.75) is 121 Å². The number of aliphatic hydroxyl groups is 6. The van der Waals surface area contributed by atoms with Gasteiger partial charge in [-0.25, -0.2) is 0 Å². The Morgan fingerprint density at radius 3 is 2.22 bits per heavy atom. The molecule has 0 amide bonds. The van der Waals surface area contributed by atoms with Crippen LogP contribution in [0.3, 0.4) is 0 Å². The van der Waals surface area contributed by atoms with E-state index in [1.165, 1.54) is 6.92 Å². The minimum absolute atomic E-state index is 0.129. The van der Waals surface area contributed by atoms with E-state index in [0.717, 1.165) is 12.0 Å². The van der Waals surface area contributed by atoms with Crippen molar-refractivity contribution in [2.75, 3.05) is 6.61 Å². The second-order valence-corrected chi connectivity index (χ2v) is 11.1. The monoisotopic (exact) mass is 518 g/mol. The molecule has 2 heterocycles. The van der Waals surface area contributed by atoms with Crippen LogP contribution in [0.25, 0.3) is 0 Å². The first-order valence-electron chi connectivity index (χ1n) is 12.6. The SMILES string of the molecule is CC1=CC(=O)CC(C)(C)[C@H]1CC[C@@H](C)O[C@H]1O[C@H](CO[C@@H]2O[C@@H](C)[C@H](O)[C@@H](O)[C@H]2O)[C@@H](O)[C@H](O)[C@H]1O. The molecule has 0 radical (unpaired) electrons. The zero-order valence-electron chi connectivity index (χ0n) is 21.6. The Hall–Kier alpha value is -0.990. The molecule has 0 saturated carbocycles. The largest absolute Gasteiger partial charge is 0.388 e. The summed E-state index contributed by atoms with van der Waals surface area (Å²) in [5, 5.41) is 61.1. The lowest BCUT2D eigenvalue weighted by Crippen LogP contribution is -2.61. The highest BCUT2D eigenvalue weighted by Crippen LogP contribution is 2.42. The average molecular weight is 519 g/mol. The Labute approximate surface area is 211 Å². The molecule has 12 atom stereocenters. The lowest BCUT2D eigenvalue weighted by molar-refractivity contribution is -0.332. The standard InChI is InChI=1S/C25H42O11/c1-11-8-14(26)9-25(4,5)15(11)7-6-12(2)34-24-22(32)20(30)18(28)16(36-24)10-33-23-21(31)19(29)17(27)13(3)35-23/h8,12-13,15-24,27-32H,6-7,9-10H2,1-5H3/t12-,13+,15+,16-,17+,18-,19-,20+,21-,22-,23-,24+/m1/s1. The van der Waals surface area contributed by atoms with Gasteiger partial charge >= 0.3 is 0 Å². The molecule has 11 heteroatoms. The van der Waals surface area contributed by atoms with Crippen LogP contribution in [0.1, 0.15) is 53.9 Å². The van der Waals surface area contributed by atoms with Gasteiger partial charge < -0.3 is 49.6 Å². The lowest BCUT2D eigenvalue weighted by Gasteiger charge is -2.43. The smallest absolute Gasteiger partial charge is 0.186 e. The molecule has 3 rings (SSSR count). The molecule has 3 aliphatic rings. The third-order valence-electron chi connectivity index (χ3n) is 7.64. The molecule has 2 fully saturated rings. The third kappa shape index (κ3) is 6.52. The quantitative estimate of drug-likeness (QED) is 0.242. The number of ketones is 1. The minimum Gasteiger partial charge on any atom is -0.388 e. The molecule has 6 N–H and O–H groups in total. The molecule has 1 aliphatic carbocycles. The number of hydrogen-bond donors (Lipinski definition) is 6. The van der Waals surface area contributed by atoms with Crippen LogP contribution < -0.4 is 0 Å². The Kier molecular flexibility index (Phi) is 9.70. The van der Waals surface area contributed by atoms with Gasteiger partial charge in [0.25, 0.3) is 0 Å². The molecule has 0 aromatic carbocycles. The molecule has 11 nitrogen and oxygen atoms in total. The zero-order chi connectivity index (χ0) is 26.9. The average Bonchev–Trinajstić information content (AvgIpc) is 2.78. The number of ether oxygens (including phenoxy) is 4. The minimum atomic E-state index is -1.57. The second kappa shape index (κ2) is 11.8. The highest BCUT2D eigenvalue weighted by atomic mass is 16.7. The Morgan fingerprint density at radius 2 is 1.58 bits per heavy atom. The molecular weight excluding hydrogens is 476 g/mol. The predicted octanol–water partition coefficient (Wildman–Crippen LogP) is -0.615. The van der Waals surface area contributed by atoms with Crippen molar-refractivity contribution in [1.29, 1.82) is 0 Å². The maximum absolute atomic E-state index is 11.9. The normalized spacial score (nSPS) is 44.2. The van der Waals surface area contributed by atoms with Crippen LogP contribution in [0.5, 0.6) is 0 Å². The van der Waals surface area contributed by atoms with Gasteiger partial charge in [0.2, 0.25) is 0 Å². The van der Waals surface area contributed by atoms with Crippen LogP contribution in [0, 0.1) is 11.3 Å². The molecule has 0 bridgehead atoms. The van der Waals surface area contributed by atoms with Crippen molar-refractivity contribution in [3.63, 3.8) is 0 Å². The fourth-order valence-electron chi connectivity index (χ4n) is 5.42. The van der Waals surface area contributed by atoms with E-state index in [1.807, 2.05) is 13.8 Å². The summed E-state index contributed by atoms with van der Waals surface area (Å²) in [6.45, 7) is 9.09. The summed E-state index contributed by atoms with van der Waals surface area (Å²) in [5.74, 6) is 0.328. The Bertz CT molecular complexity index is 786. The molecule has 0 spiro atoms. The van der Waals surface area contributed by atoms with Gasteiger partial charge in [-0.2, -0.15) is 0 Å². The fourth-order valence-corrected chi connectivity index (χ4v) is 5.42. The van der Waals surface area contributed by atoms with Crippen LogP contribution in [-0.2, 0) is 23.7 Å². The molecule has 0 aromatic rings. The van der Waals surface area contributed by atoms with Gasteiger partial charge in [-0.05, 0) is 51.0 Å². The molecule has 208 valence electrons. The van der Waals surface area contributed by atoms with E-state index >= 15 is 0 Å². The molecule has 2 aliphatic heterocycles. The molecule has 0 aromatic heterocycles. The molecule has 0 unspecified atom stereocenters. The van der Waals surface area contributed by atoms with E-state index in [-0.39, 0.29) is 29.8 Å². The van der Waals surface area contributed by atoms with E-state index < -0.39 is 61.4 Å². The van der Waals surface area contributed by atoms with Crippen molar-refractivity contribution in [2.24, 2.45) is 11.3 Å². The fraction of sp³-hybridized carbons (Fsp3) is 0.880. The van der Waals surface area contributed by atoms with Gasteiger partial charge in [0.15, 0.2) is 18.4 Å². The van der Waals surface area contributed by atoms with E-state index in [9.17, 15) is 35.4 Å². The van der Waals surface area contributed by atoms with Crippen molar-refractivity contribution >= 4 is 5.78 Å². The van der Waals surface area contributed by atoms with Gasteiger partial charge in [0.1, 0.15) is 42.7 Å². The summed E-state index contributed by atoms with van der Waals surface area (Å²) < 4.78 is 22.5. The number of allylic oxidation sites excluding steroid dienone is 2. The van der Waals surface area contributed by atoms with Crippen LogP contribution in [0.2, 0.25) is 0 Å².